The quantitative estimate of drug-likeness (QED) is 0.795. The van der Waals surface area contributed by atoms with Crippen molar-refractivity contribution >= 4 is 11.7 Å². The summed E-state index contributed by atoms with van der Waals surface area (Å²) < 4.78 is 41.5. The predicted molar refractivity (Wildman–Crippen MR) is 103 cm³/mol. The summed E-state index contributed by atoms with van der Waals surface area (Å²) in [6.07, 6.45) is 0.201. The van der Waals surface area contributed by atoms with E-state index >= 15 is 0 Å². The number of hydrogen-bond donors (Lipinski definition) is 2. The summed E-state index contributed by atoms with van der Waals surface area (Å²) in [5.41, 5.74) is 6.32. The van der Waals surface area contributed by atoms with Crippen molar-refractivity contribution in [1.82, 2.24) is 25.0 Å². The van der Waals surface area contributed by atoms with E-state index in [0.717, 1.165) is 57.2 Å². The van der Waals surface area contributed by atoms with Crippen molar-refractivity contribution in [2.45, 2.75) is 49.9 Å². The number of nitrogen functional groups attached to an aromatic ring is 1. The predicted octanol–water partition coefficient (Wildman–Crippen LogP) is 2.17. The Morgan fingerprint density at radius 1 is 1.27 bits per heavy atom. The number of alkyl halides is 3. The summed E-state index contributed by atoms with van der Waals surface area (Å²) in [6.45, 7) is 3.40. The zero-order valence-corrected chi connectivity index (χ0v) is 16.4. The normalized spacial score (nSPS) is 26.5. The summed E-state index contributed by atoms with van der Waals surface area (Å²) >= 11 is 0. The zero-order valence-electron chi connectivity index (χ0n) is 16.4. The molecule has 0 aliphatic carbocycles. The number of carbonyl (C=O) groups excluding carboxylic acids is 1. The molecule has 2 aromatic heterocycles. The molecule has 1 amide bonds. The van der Waals surface area contributed by atoms with E-state index in [1.807, 2.05) is 10.7 Å². The first-order chi connectivity index (χ1) is 14.2. The molecule has 2 saturated heterocycles. The maximum absolute atomic E-state index is 13.2. The topological polar surface area (TPSA) is 89.1 Å². The number of hydrogen-bond acceptors (Lipinski definition) is 5. The number of aromatic nitrogens is 3. The van der Waals surface area contributed by atoms with Gasteiger partial charge in [0.15, 0.2) is 0 Å². The molecule has 0 radical (unpaired) electrons. The first-order valence-electron chi connectivity index (χ1n) is 10.2. The summed E-state index contributed by atoms with van der Waals surface area (Å²) in [5.74, 6) is -0.410. The van der Waals surface area contributed by atoms with E-state index in [0.29, 0.717) is 17.7 Å². The minimum absolute atomic E-state index is 0.0397. The number of carbonyl (C=O) groups is 1. The van der Waals surface area contributed by atoms with E-state index < -0.39 is 17.6 Å². The first kappa shape index (κ1) is 19.3. The van der Waals surface area contributed by atoms with Crippen LogP contribution in [-0.2, 0) is 22.9 Å². The monoisotopic (exact) mass is 420 g/mol. The second-order valence-corrected chi connectivity index (χ2v) is 8.61. The number of rotatable bonds is 3. The smallest absolute Gasteiger partial charge is 0.383 e. The van der Waals surface area contributed by atoms with Crippen LogP contribution in [-0.4, -0.2) is 51.2 Å². The van der Waals surface area contributed by atoms with Crippen molar-refractivity contribution < 1.29 is 18.0 Å². The van der Waals surface area contributed by atoms with E-state index in [2.05, 4.69) is 20.3 Å². The number of fused-ring (bicyclic) bond motifs is 2. The van der Waals surface area contributed by atoms with Gasteiger partial charge in [-0.15, -0.1) is 0 Å². The van der Waals surface area contributed by atoms with Crippen LogP contribution in [0.5, 0.6) is 0 Å². The highest BCUT2D eigenvalue weighted by atomic mass is 19.4. The van der Waals surface area contributed by atoms with Crippen LogP contribution < -0.4 is 11.1 Å². The van der Waals surface area contributed by atoms with Gasteiger partial charge in [0.2, 0.25) is 5.91 Å². The van der Waals surface area contributed by atoms with Crippen LogP contribution in [0.15, 0.2) is 18.3 Å². The Morgan fingerprint density at radius 3 is 2.80 bits per heavy atom. The molecule has 0 aromatic carbocycles. The molecular formula is C20H23F3N6O. The fraction of sp³-hybridized carbons (Fsp3) is 0.550. The molecule has 2 aromatic rings. The van der Waals surface area contributed by atoms with E-state index in [-0.39, 0.29) is 17.4 Å². The van der Waals surface area contributed by atoms with Crippen LogP contribution in [0.3, 0.4) is 0 Å². The molecule has 5 heterocycles. The van der Waals surface area contributed by atoms with Crippen LogP contribution in [0.2, 0.25) is 0 Å². The van der Waals surface area contributed by atoms with Gasteiger partial charge in [-0.25, -0.2) is 4.98 Å². The molecule has 0 unspecified atom stereocenters. The van der Waals surface area contributed by atoms with E-state index in [1.165, 1.54) is 6.20 Å². The number of amides is 1. The van der Waals surface area contributed by atoms with Gasteiger partial charge < -0.3 is 16.0 Å². The average Bonchev–Trinajstić information content (AvgIpc) is 3.43. The highest BCUT2D eigenvalue weighted by molar-refractivity contribution is 5.78. The summed E-state index contributed by atoms with van der Waals surface area (Å²) in [6, 6.07) is 3.13. The van der Waals surface area contributed by atoms with Crippen molar-refractivity contribution in [3.05, 3.63) is 29.6 Å². The molecule has 3 aliphatic heterocycles. The molecule has 3 N–H and O–H groups in total. The lowest BCUT2D eigenvalue weighted by molar-refractivity contribution is -0.137. The summed E-state index contributed by atoms with van der Waals surface area (Å²) in [7, 11) is 0. The van der Waals surface area contributed by atoms with Crippen molar-refractivity contribution in [2.75, 3.05) is 25.4 Å². The number of pyridine rings is 1. The van der Waals surface area contributed by atoms with Crippen LogP contribution in [0.4, 0.5) is 19.0 Å². The largest absolute Gasteiger partial charge is 0.419 e. The Labute approximate surface area is 171 Å². The third kappa shape index (κ3) is 3.23. The van der Waals surface area contributed by atoms with Crippen LogP contribution in [0.1, 0.15) is 36.9 Å². The summed E-state index contributed by atoms with van der Waals surface area (Å²) in [5, 5.41) is 7.58. The van der Waals surface area contributed by atoms with Gasteiger partial charge in [-0.3, -0.25) is 9.48 Å². The number of nitrogens with two attached hydrogens (primary N) is 1. The van der Waals surface area contributed by atoms with Gasteiger partial charge in [0.1, 0.15) is 5.82 Å². The molecule has 1 spiro atoms. The van der Waals surface area contributed by atoms with Gasteiger partial charge in [-0.05, 0) is 37.9 Å². The molecular weight excluding hydrogens is 397 g/mol. The second kappa shape index (κ2) is 6.69. The molecule has 7 nitrogen and oxygen atoms in total. The van der Waals surface area contributed by atoms with E-state index in [1.54, 1.807) is 0 Å². The standard InChI is InChI=1S/C20H23F3N6O/c21-20(22,23)14-7-12(9-25-18(14)24)15-8-16-19(4-6-29(16)27-15)3-5-28(11-19)10-13-1-2-17(30)26-13/h7-9,13H,1-6,10-11H2,(H2,24,25)(H,26,30)/t13-,19+/m0/s1. The van der Waals surface area contributed by atoms with Crippen molar-refractivity contribution in [2.24, 2.45) is 0 Å². The Morgan fingerprint density at radius 2 is 2.07 bits per heavy atom. The highest BCUT2D eigenvalue weighted by Gasteiger charge is 2.46. The van der Waals surface area contributed by atoms with E-state index in [4.69, 9.17) is 5.73 Å². The SMILES string of the molecule is Nc1ncc(-c2cc3n(n2)CC[C@@]32CCN(C[C@@H]3CCC(=O)N3)C2)cc1C(F)(F)F. The Bertz CT molecular complexity index is 1000. The van der Waals surface area contributed by atoms with Crippen LogP contribution >= 0.6 is 0 Å². The van der Waals surface area contributed by atoms with E-state index in [9.17, 15) is 18.0 Å². The van der Waals surface area contributed by atoms with Crippen molar-refractivity contribution in [3.63, 3.8) is 0 Å². The van der Waals surface area contributed by atoms with Gasteiger partial charge in [-0.2, -0.15) is 18.3 Å². The van der Waals surface area contributed by atoms with Crippen LogP contribution in [0.25, 0.3) is 11.3 Å². The molecule has 0 bridgehead atoms. The minimum Gasteiger partial charge on any atom is -0.383 e. The molecule has 160 valence electrons. The Balaban J connectivity index is 1.38. The number of anilines is 1. The molecule has 5 rings (SSSR count). The second-order valence-electron chi connectivity index (χ2n) is 8.61. The van der Waals surface area contributed by atoms with Gasteiger partial charge in [0.05, 0.1) is 11.3 Å². The van der Waals surface area contributed by atoms with Crippen LogP contribution in [0, 0.1) is 0 Å². The first-order valence-corrected chi connectivity index (χ1v) is 10.2. The lowest BCUT2D eigenvalue weighted by Crippen LogP contribution is -2.39. The minimum atomic E-state index is -4.56. The lowest BCUT2D eigenvalue weighted by Gasteiger charge is -2.25. The van der Waals surface area contributed by atoms with Crippen molar-refractivity contribution in [1.29, 1.82) is 0 Å². The van der Waals surface area contributed by atoms with Gasteiger partial charge >= 0.3 is 6.18 Å². The van der Waals surface area contributed by atoms with Crippen molar-refractivity contribution in [3.8, 4) is 11.3 Å². The van der Waals surface area contributed by atoms with Gasteiger partial charge in [0.25, 0.3) is 0 Å². The maximum atomic E-state index is 13.2. The molecule has 2 atom stereocenters. The number of halogens is 3. The molecule has 10 heteroatoms. The van der Waals surface area contributed by atoms with Gasteiger partial charge in [0, 0.05) is 55.0 Å². The highest BCUT2D eigenvalue weighted by Crippen LogP contribution is 2.44. The Hall–Kier alpha value is -2.62. The van der Waals surface area contributed by atoms with Gasteiger partial charge in [-0.1, -0.05) is 0 Å². The maximum Gasteiger partial charge on any atom is 0.419 e. The fourth-order valence-electron chi connectivity index (χ4n) is 5.10. The lowest BCUT2D eigenvalue weighted by atomic mass is 9.82. The molecule has 30 heavy (non-hydrogen) atoms. The number of nitrogens with one attached hydrogen (secondary N) is 1. The molecule has 0 saturated carbocycles. The number of aryl methyl sites for hydroxylation is 1. The molecule has 3 aliphatic rings. The number of nitrogens with zero attached hydrogens (tertiary/aromatic N) is 4. The number of likely N-dealkylation sites (tertiary alicyclic amines) is 1. The molecule has 2 fully saturated rings. The third-order valence-electron chi connectivity index (χ3n) is 6.64. The summed E-state index contributed by atoms with van der Waals surface area (Å²) in [4.78, 5) is 17.6. The zero-order chi connectivity index (χ0) is 21.1. The average molecular weight is 420 g/mol. The third-order valence-corrected chi connectivity index (χ3v) is 6.64. The fourth-order valence-corrected chi connectivity index (χ4v) is 5.10. The Kier molecular flexibility index (Phi) is 4.32.